The molecule has 3 aromatic rings. The molecule has 0 spiro atoms. The van der Waals surface area contributed by atoms with Crippen LogP contribution in [0.3, 0.4) is 0 Å². The number of ether oxygens (including phenoxy) is 1. The third kappa shape index (κ3) is 8.46. The molecule has 0 saturated carbocycles. The number of carbonyl (C=O) groups is 1. The number of hydrogen-bond donors (Lipinski definition) is 1. The van der Waals surface area contributed by atoms with E-state index in [0.717, 1.165) is 68.6 Å². The molecular weight excluding hydrogens is 502 g/mol. The van der Waals surface area contributed by atoms with Crippen molar-refractivity contribution in [3.05, 3.63) is 117 Å². The van der Waals surface area contributed by atoms with Crippen molar-refractivity contribution in [1.82, 2.24) is 10.2 Å². The van der Waals surface area contributed by atoms with E-state index in [1.165, 1.54) is 17.7 Å². The number of unbranched alkanes of at least 4 members (excludes halogenated alkanes) is 3. The van der Waals surface area contributed by atoms with Gasteiger partial charge < -0.3 is 10.1 Å². The van der Waals surface area contributed by atoms with Gasteiger partial charge in [-0.25, -0.2) is 4.79 Å². The molecule has 1 saturated heterocycles. The average molecular weight is 540 g/mol. The summed E-state index contributed by atoms with van der Waals surface area (Å²) in [7, 11) is 0. The topological polar surface area (TPSA) is 84.7 Å². The van der Waals surface area contributed by atoms with Gasteiger partial charge in [-0.2, -0.15) is 0 Å². The molecule has 1 unspecified atom stereocenters. The van der Waals surface area contributed by atoms with Gasteiger partial charge in [-0.15, -0.1) is 0 Å². The predicted octanol–water partition coefficient (Wildman–Crippen LogP) is 6.77. The highest BCUT2D eigenvalue weighted by Crippen LogP contribution is 2.24. The third-order valence-corrected chi connectivity index (χ3v) is 7.20. The highest BCUT2D eigenvalue weighted by atomic mass is 16.6. The Morgan fingerprint density at radius 1 is 0.925 bits per heavy atom. The van der Waals surface area contributed by atoms with Crippen LogP contribution in [0.25, 0.3) is 18.2 Å². The maximum absolute atomic E-state index is 12.2. The lowest BCUT2D eigenvalue weighted by Gasteiger charge is -2.36. The number of rotatable bonds is 13. The maximum atomic E-state index is 12.2. The summed E-state index contributed by atoms with van der Waals surface area (Å²) in [5.41, 5.74) is 4.96. The average Bonchev–Trinajstić information content (AvgIpc) is 3.00. The van der Waals surface area contributed by atoms with Crippen LogP contribution in [-0.4, -0.2) is 48.6 Å². The minimum atomic E-state index is -0.388. The SMILES string of the molecule is C=Cc1ccc(C(=O)OCCCCCCN2CCNCC2c2ccc(C=Cc3ccc([N+](=O)[O-])cc3)cc2)cc1. The number of nitro benzene ring substituents is 1. The molecule has 208 valence electrons. The van der Waals surface area contributed by atoms with Gasteiger partial charge in [0, 0.05) is 37.8 Å². The minimum Gasteiger partial charge on any atom is -0.462 e. The first kappa shape index (κ1) is 28.9. The summed E-state index contributed by atoms with van der Waals surface area (Å²) in [6.07, 6.45) is 9.87. The Balaban J connectivity index is 1.18. The number of hydrogen-bond acceptors (Lipinski definition) is 6. The Morgan fingerprint density at radius 2 is 1.55 bits per heavy atom. The second-order valence-corrected chi connectivity index (χ2v) is 9.98. The van der Waals surface area contributed by atoms with E-state index in [2.05, 4.69) is 41.1 Å². The van der Waals surface area contributed by atoms with Crippen molar-refractivity contribution < 1.29 is 14.5 Å². The zero-order chi connectivity index (χ0) is 28.2. The fourth-order valence-corrected chi connectivity index (χ4v) is 4.85. The van der Waals surface area contributed by atoms with E-state index >= 15 is 0 Å². The highest BCUT2D eigenvalue weighted by molar-refractivity contribution is 5.89. The Bertz CT molecular complexity index is 1280. The lowest BCUT2D eigenvalue weighted by atomic mass is 10.0. The first-order chi connectivity index (χ1) is 19.5. The number of non-ortho nitro benzene ring substituents is 1. The molecule has 1 aliphatic heterocycles. The zero-order valence-corrected chi connectivity index (χ0v) is 22.8. The highest BCUT2D eigenvalue weighted by Gasteiger charge is 2.23. The molecule has 0 aromatic heterocycles. The van der Waals surface area contributed by atoms with Crippen LogP contribution in [0.1, 0.15) is 64.3 Å². The number of carbonyl (C=O) groups excluding carboxylic acids is 1. The van der Waals surface area contributed by atoms with E-state index in [0.29, 0.717) is 18.2 Å². The Hall–Kier alpha value is -4.07. The Morgan fingerprint density at radius 3 is 2.20 bits per heavy atom. The monoisotopic (exact) mass is 539 g/mol. The van der Waals surface area contributed by atoms with Gasteiger partial charge in [0.2, 0.25) is 0 Å². The molecule has 0 radical (unpaired) electrons. The molecule has 0 aliphatic carbocycles. The quantitative estimate of drug-likeness (QED) is 0.0848. The first-order valence-corrected chi connectivity index (χ1v) is 13.9. The molecule has 7 heteroatoms. The van der Waals surface area contributed by atoms with Crippen LogP contribution in [-0.2, 0) is 4.74 Å². The van der Waals surface area contributed by atoms with Crippen LogP contribution in [0.15, 0.2) is 79.4 Å². The van der Waals surface area contributed by atoms with E-state index in [1.54, 1.807) is 30.3 Å². The van der Waals surface area contributed by atoms with Crippen LogP contribution in [0, 0.1) is 10.1 Å². The second-order valence-electron chi connectivity index (χ2n) is 9.98. The number of benzene rings is 3. The summed E-state index contributed by atoms with van der Waals surface area (Å²) in [6.45, 7) is 8.17. The summed E-state index contributed by atoms with van der Waals surface area (Å²) in [5, 5.41) is 14.4. The van der Waals surface area contributed by atoms with Crippen molar-refractivity contribution in [2.24, 2.45) is 0 Å². The molecule has 1 fully saturated rings. The van der Waals surface area contributed by atoms with E-state index in [1.807, 2.05) is 24.3 Å². The molecular formula is C33H37N3O4. The predicted molar refractivity (Wildman–Crippen MR) is 161 cm³/mol. The normalized spacial score (nSPS) is 15.7. The molecule has 7 nitrogen and oxygen atoms in total. The minimum absolute atomic E-state index is 0.0967. The van der Waals surface area contributed by atoms with Crippen molar-refractivity contribution >= 4 is 29.9 Å². The summed E-state index contributed by atoms with van der Waals surface area (Å²) in [4.78, 5) is 25.2. The lowest BCUT2D eigenvalue weighted by molar-refractivity contribution is -0.384. The number of nitro groups is 1. The maximum Gasteiger partial charge on any atom is 0.338 e. The fourth-order valence-electron chi connectivity index (χ4n) is 4.85. The molecule has 1 aliphatic rings. The summed E-state index contributed by atoms with van der Waals surface area (Å²) >= 11 is 0. The van der Waals surface area contributed by atoms with Gasteiger partial charge in [-0.05, 0) is 65.9 Å². The van der Waals surface area contributed by atoms with Crippen molar-refractivity contribution in [1.29, 1.82) is 0 Å². The van der Waals surface area contributed by atoms with Crippen molar-refractivity contribution in [2.75, 3.05) is 32.8 Å². The fraction of sp³-hybridized carbons (Fsp3) is 0.303. The first-order valence-electron chi connectivity index (χ1n) is 13.9. The smallest absolute Gasteiger partial charge is 0.338 e. The van der Waals surface area contributed by atoms with Crippen LogP contribution in [0.4, 0.5) is 5.69 Å². The lowest BCUT2D eigenvalue weighted by Crippen LogP contribution is -2.46. The molecule has 1 atom stereocenters. The molecule has 1 N–H and O–H groups in total. The molecule has 3 aromatic carbocycles. The Kier molecular flexibility index (Phi) is 10.8. The molecule has 40 heavy (non-hydrogen) atoms. The molecule has 0 bridgehead atoms. The van der Waals surface area contributed by atoms with Gasteiger partial charge in [0.1, 0.15) is 0 Å². The summed E-state index contributed by atoms with van der Waals surface area (Å²) in [6, 6.07) is 22.8. The number of nitrogens with one attached hydrogen (secondary N) is 1. The van der Waals surface area contributed by atoms with Crippen molar-refractivity contribution in [2.45, 2.75) is 31.7 Å². The van der Waals surface area contributed by atoms with E-state index < -0.39 is 0 Å². The van der Waals surface area contributed by atoms with Crippen LogP contribution >= 0.6 is 0 Å². The summed E-state index contributed by atoms with van der Waals surface area (Å²) in [5.74, 6) is -0.271. The van der Waals surface area contributed by atoms with Crippen molar-refractivity contribution in [3.63, 3.8) is 0 Å². The van der Waals surface area contributed by atoms with Gasteiger partial charge in [-0.3, -0.25) is 15.0 Å². The van der Waals surface area contributed by atoms with Gasteiger partial charge in [0.05, 0.1) is 17.1 Å². The second kappa shape index (κ2) is 14.9. The van der Waals surface area contributed by atoms with Crippen LogP contribution in [0.2, 0.25) is 0 Å². The van der Waals surface area contributed by atoms with Crippen LogP contribution < -0.4 is 5.32 Å². The van der Waals surface area contributed by atoms with Crippen molar-refractivity contribution in [3.8, 4) is 0 Å². The van der Waals surface area contributed by atoms with Gasteiger partial charge in [-0.1, -0.05) is 74.0 Å². The van der Waals surface area contributed by atoms with E-state index in [-0.39, 0.29) is 16.6 Å². The molecule has 4 rings (SSSR count). The zero-order valence-electron chi connectivity index (χ0n) is 22.8. The van der Waals surface area contributed by atoms with E-state index in [4.69, 9.17) is 4.74 Å². The van der Waals surface area contributed by atoms with Gasteiger partial charge >= 0.3 is 5.97 Å². The number of nitrogens with zero attached hydrogens (tertiary/aromatic N) is 2. The van der Waals surface area contributed by atoms with Gasteiger partial charge in [0.15, 0.2) is 0 Å². The molecule has 1 heterocycles. The number of piperazine rings is 1. The standard InChI is InChI=1S/C33H37N3O4/c1-2-26-9-17-30(18-10-26)33(37)40-24-6-4-3-5-22-35-23-21-34-25-32(35)29-15-11-27(12-16-29)7-8-28-13-19-31(20-14-28)36(38)39/h2,7-20,32,34H,1,3-6,21-25H2. The van der Waals surface area contributed by atoms with Crippen LogP contribution in [0.5, 0.6) is 0 Å². The summed E-state index contributed by atoms with van der Waals surface area (Å²) < 4.78 is 5.43. The number of esters is 1. The van der Waals surface area contributed by atoms with E-state index in [9.17, 15) is 14.9 Å². The Labute approximate surface area is 236 Å². The molecule has 0 amide bonds. The largest absolute Gasteiger partial charge is 0.462 e. The van der Waals surface area contributed by atoms with Gasteiger partial charge in [0.25, 0.3) is 5.69 Å². The third-order valence-electron chi connectivity index (χ3n) is 7.20.